The molecule has 0 atom stereocenters. The second kappa shape index (κ2) is 6.05. The van der Waals surface area contributed by atoms with E-state index >= 15 is 0 Å². The molecule has 1 radical (unpaired) electrons. The van der Waals surface area contributed by atoms with Crippen molar-refractivity contribution in [1.82, 2.24) is 4.98 Å². The Hall–Kier alpha value is -1.57. The summed E-state index contributed by atoms with van der Waals surface area (Å²) in [5.41, 5.74) is 2.98. The van der Waals surface area contributed by atoms with Gasteiger partial charge in [0.2, 0.25) is 0 Å². The fraction of sp³-hybridized carbons (Fsp3) is 0. The Morgan fingerprint density at radius 3 is 2.24 bits per heavy atom. The topological polar surface area (TPSA) is 12.9 Å². The van der Waals surface area contributed by atoms with Crippen LogP contribution >= 0.6 is 0 Å². The van der Waals surface area contributed by atoms with Gasteiger partial charge in [0, 0.05) is 32.7 Å². The van der Waals surface area contributed by atoms with Gasteiger partial charge < -0.3 is 4.98 Å². The van der Waals surface area contributed by atoms with Crippen molar-refractivity contribution in [3.8, 4) is 11.1 Å². The molecular weight excluding hydrogens is 331 g/mol. The maximum Gasteiger partial charge on any atom is 0 e. The number of rotatable bonds is 1. The Morgan fingerprint density at radius 1 is 0.714 bits per heavy atom. The first-order chi connectivity index (χ1) is 9.90. The van der Waals surface area contributed by atoms with E-state index in [1.807, 2.05) is 30.3 Å². The van der Waals surface area contributed by atoms with E-state index in [0.717, 1.165) is 22.0 Å². The minimum absolute atomic E-state index is 0. The number of nitrogens with zero attached hydrogens (tertiary/aromatic N) is 1. The maximum atomic E-state index is 4.46. The van der Waals surface area contributed by atoms with Crippen molar-refractivity contribution in [3.63, 3.8) is 0 Å². The van der Waals surface area contributed by atoms with Crippen molar-refractivity contribution in [2.75, 3.05) is 0 Å². The third-order valence-corrected chi connectivity index (χ3v) is 3.49. The second-order valence-electron chi connectivity index (χ2n) is 4.82. The molecule has 3 aromatic carbocycles. The minimum atomic E-state index is 0. The van der Waals surface area contributed by atoms with Crippen molar-refractivity contribution in [2.24, 2.45) is 0 Å². The molecule has 0 N–H and O–H groups in total. The van der Waals surface area contributed by atoms with Gasteiger partial charge in [-0.1, -0.05) is 48.0 Å². The zero-order valence-corrected chi connectivity index (χ0v) is 14.2. The molecule has 1 nitrogen and oxygen atoms in total. The predicted molar refractivity (Wildman–Crippen MR) is 82.4 cm³/mol. The summed E-state index contributed by atoms with van der Waals surface area (Å²) in [6.45, 7) is 0. The van der Waals surface area contributed by atoms with Crippen molar-refractivity contribution < 1.29 is 32.7 Å². The Balaban J connectivity index is 0.00000132. The average molecular weight is 342 g/mol. The molecule has 4 rings (SSSR count). The van der Waals surface area contributed by atoms with Crippen molar-refractivity contribution in [1.29, 1.82) is 0 Å². The number of hydrogen-bond acceptors (Lipinski definition) is 1. The zero-order valence-electron chi connectivity index (χ0n) is 11.4. The van der Waals surface area contributed by atoms with E-state index in [0.29, 0.717) is 0 Å². The molecule has 0 spiro atoms. The maximum absolute atomic E-state index is 4.46. The number of hydrogen-bond donors (Lipinski definition) is 0. The standard InChI is InChI=1S/C19H11N.Y/c1-2-6-14(7-3-1)18-11-17-10-15-8-4-5-9-16(15)12-19(17)20-13-18;/h1-6,8-12H;/q-2;. The van der Waals surface area contributed by atoms with E-state index in [4.69, 9.17) is 0 Å². The van der Waals surface area contributed by atoms with Gasteiger partial charge in [0.1, 0.15) is 0 Å². The Bertz CT molecular complexity index is 901. The van der Waals surface area contributed by atoms with Crippen LogP contribution in [0, 0.1) is 12.3 Å². The number of benzene rings is 3. The third kappa shape index (κ3) is 2.76. The van der Waals surface area contributed by atoms with Gasteiger partial charge in [-0.15, -0.1) is 6.07 Å². The molecule has 4 aromatic rings. The molecule has 0 amide bonds. The molecule has 1 heterocycles. The largest absolute Gasteiger partial charge is 0.362 e. The monoisotopic (exact) mass is 342 g/mol. The van der Waals surface area contributed by atoms with E-state index in [1.165, 1.54) is 10.8 Å². The first kappa shape index (κ1) is 14.4. The summed E-state index contributed by atoms with van der Waals surface area (Å²) < 4.78 is 0. The van der Waals surface area contributed by atoms with Gasteiger partial charge in [-0.05, 0) is 16.3 Å². The van der Waals surface area contributed by atoms with Gasteiger partial charge in [0.05, 0.1) is 0 Å². The van der Waals surface area contributed by atoms with Crippen molar-refractivity contribution >= 4 is 21.7 Å². The molecule has 0 bridgehead atoms. The summed E-state index contributed by atoms with van der Waals surface area (Å²) in [6, 6.07) is 25.9. The fourth-order valence-electron chi connectivity index (χ4n) is 2.47. The summed E-state index contributed by atoms with van der Waals surface area (Å²) in [6.07, 6.45) is 3.11. The molecule has 2 heteroatoms. The van der Waals surface area contributed by atoms with Crippen molar-refractivity contribution in [2.45, 2.75) is 0 Å². The van der Waals surface area contributed by atoms with E-state index in [1.54, 1.807) is 0 Å². The Morgan fingerprint density at radius 2 is 1.48 bits per heavy atom. The first-order valence-electron chi connectivity index (χ1n) is 6.58. The van der Waals surface area contributed by atoms with E-state index in [2.05, 4.69) is 53.6 Å². The summed E-state index contributed by atoms with van der Waals surface area (Å²) >= 11 is 0. The smallest absolute Gasteiger partial charge is 0 e. The molecule has 0 aliphatic heterocycles. The van der Waals surface area contributed by atoms with Crippen LogP contribution < -0.4 is 0 Å². The molecule has 0 aliphatic rings. The SMILES string of the molecule is [Y].[c-]1ccccc1-c1[c-]nc2cc3ccccc3cc2c1. The van der Waals surface area contributed by atoms with Gasteiger partial charge >= 0.3 is 0 Å². The number of pyridine rings is 1. The van der Waals surface area contributed by atoms with Crippen LogP contribution in [0.3, 0.4) is 0 Å². The predicted octanol–water partition coefficient (Wildman–Crippen LogP) is 4.65. The summed E-state index contributed by atoms with van der Waals surface area (Å²) in [7, 11) is 0. The van der Waals surface area contributed by atoms with Crippen LogP contribution in [-0.2, 0) is 32.7 Å². The van der Waals surface area contributed by atoms with Gasteiger partial charge in [-0.3, -0.25) is 0 Å². The molecule has 0 saturated heterocycles. The average Bonchev–Trinajstić information content (AvgIpc) is 2.53. The van der Waals surface area contributed by atoms with Crippen molar-refractivity contribution in [3.05, 3.63) is 79.0 Å². The van der Waals surface area contributed by atoms with E-state index in [9.17, 15) is 0 Å². The molecule has 0 saturated carbocycles. The van der Waals surface area contributed by atoms with Crippen LogP contribution in [0.2, 0.25) is 0 Å². The van der Waals surface area contributed by atoms with Crippen LogP contribution in [0.5, 0.6) is 0 Å². The van der Waals surface area contributed by atoms with E-state index < -0.39 is 0 Å². The summed E-state index contributed by atoms with van der Waals surface area (Å²) in [5.74, 6) is 0. The molecule has 1 aromatic heterocycles. The molecule has 0 fully saturated rings. The summed E-state index contributed by atoms with van der Waals surface area (Å²) in [4.78, 5) is 4.46. The van der Waals surface area contributed by atoms with E-state index in [-0.39, 0.29) is 32.7 Å². The second-order valence-corrected chi connectivity index (χ2v) is 4.82. The first-order valence-corrected chi connectivity index (χ1v) is 6.58. The fourth-order valence-corrected chi connectivity index (χ4v) is 2.47. The minimum Gasteiger partial charge on any atom is -0.362 e. The van der Waals surface area contributed by atoms with Gasteiger partial charge in [0.15, 0.2) is 0 Å². The quantitative estimate of drug-likeness (QED) is 0.362. The van der Waals surface area contributed by atoms with Crippen LogP contribution in [0.4, 0.5) is 0 Å². The molecule has 97 valence electrons. The molecule has 0 unspecified atom stereocenters. The van der Waals surface area contributed by atoms with Gasteiger partial charge in [-0.25, -0.2) is 11.1 Å². The number of aromatic nitrogens is 1. The molecule has 0 aliphatic carbocycles. The Kier molecular flexibility index (Phi) is 4.14. The van der Waals surface area contributed by atoms with Crippen LogP contribution in [0.15, 0.2) is 66.7 Å². The molecular formula is C19H11NY-2. The number of fused-ring (bicyclic) bond motifs is 2. The Labute approximate surface area is 148 Å². The summed E-state index contributed by atoms with van der Waals surface area (Å²) in [5, 5.41) is 3.57. The van der Waals surface area contributed by atoms with Crippen LogP contribution in [-0.4, -0.2) is 4.98 Å². The van der Waals surface area contributed by atoms with Crippen LogP contribution in [0.1, 0.15) is 0 Å². The third-order valence-electron chi connectivity index (χ3n) is 3.49. The van der Waals surface area contributed by atoms with Gasteiger partial charge in [0.25, 0.3) is 0 Å². The normalized spacial score (nSPS) is 10.5. The molecule has 21 heavy (non-hydrogen) atoms. The van der Waals surface area contributed by atoms with Gasteiger partial charge in [-0.2, -0.15) is 30.3 Å². The van der Waals surface area contributed by atoms with Crippen LogP contribution in [0.25, 0.3) is 32.8 Å². The zero-order chi connectivity index (χ0) is 13.4.